The van der Waals surface area contributed by atoms with Gasteiger partial charge < -0.3 is 10.6 Å². The monoisotopic (exact) mass is 499 g/mol. The van der Waals surface area contributed by atoms with E-state index in [1.54, 1.807) is 36.4 Å². The summed E-state index contributed by atoms with van der Waals surface area (Å²) in [7, 11) is 0. The van der Waals surface area contributed by atoms with Crippen LogP contribution in [-0.2, 0) is 9.59 Å². The summed E-state index contributed by atoms with van der Waals surface area (Å²) in [5, 5.41) is 5.85. The number of nitrogens with one attached hydrogen (secondary N) is 2. The van der Waals surface area contributed by atoms with E-state index in [2.05, 4.69) is 10.6 Å². The SMILES string of the molecule is Cc1cccc(NC(=O)c2cccc(NC3=C(Cl)C(=O)N(c4cc(Cl)ccc4Cl)C3=O)c2)c1. The number of anilines is 3. The van der Waals surface area contributed by atoms with Crippen molar-refractivity contribution in [2.75, 3.05) is 15.5 Å². The molecule has 0 spiro atoms. The molecular weight excluding hydrogens is 485 g/mol. The van der Waals surface area contributed by atoms with Gasteiger partial charge in [-0.2, -0.15) is 0 Å². The Morgan fingerprint density at radius 3 is 2.33 bits per heavy atom. The number of hydrogen-bond acceptors (Lipinski definition) is 4. The van der Waals surface area contributed by atoms with Crippen molar-refractivity contribution in [2.24, 2.45) is 0 Å². The highest BCUT2D eigenvalue weighted by atomic mass is 35.5. The molecule has 6 nitrogen and oxygen atoms in total. The largest absolute Gasteiger partial charge is 0.350 e. The van der Waals surface area contributed by atoms with Crippen LogP contribution in [0.25, 0.3) is 0 Å². The molecule has 0 fully saturated rings. The van der Waals surface area contributed by atoms with E-state index >= 15 is 0 Å². The molecule has 0 aromatic heterocycles. The Balaban J connectivity index is 1.56. The Morgan fingerprint density at radius 2 is 1.58 bits per heavy atom. The number of aryl methyl sites for hydroxylation is 1. The van der Waals surface area contributed by atoms with Gasteiger partial charge in [-0.25, -0.2) is 4.90 Å². The molecule has 3 aromatic carbocycles. The van der Waals surface area contributed by atoms with Gasteiger partial charge in [-0.15, -0.1) is 0 Å². The highest BCUT2D eigenvalue weighted by Crippen LogP contribution is 2.35. The van der Waals surface area contributed by atoms with Gasteiger partial charge in [0.15, 0.2) is 0 Å². The van der Waals surface area contributed by atoms with Gasteiger partial charge in [0.2, 0.25) is 0 Å². The summed E-state index contributed by atoms with van der Waals surface area (Å²) in [6, 6.07) is 18.3. The molecule has 0 unspecified atom stereocenters. The number of nitrogens with zero attached hydrogens (tertiary/aromatic N) is 1. The van der Waals surface area contributed by atoms with Gasteiger partial charge in [-0.05, 0) is 61.0 Å². The summed E-state index contributed by atoms with van der Waals surface area (Å²) in [4.78, 5) is 39.2. The summed E-state index contributed by atoms with van der Waals surface area (Å²) < 4.78 is 0. The summed E-state index contributed by atoms with van der Waals surface area (Å²) >= 11 is 18.3. The zero-order valence-corrected chi connectivity index (χ0v) is 19.4. The molecule has 166 valence electrons. The van der Waals surface area contributed by atoms with E-state index < -0.39 is 11.8 Å². The first-order chi connectivity index (χ1) is 15.7. The Morgan fingerprint density at radius 1 is 0.848 bits per heavy atom. The first-order valence-electron chi connectivity index (χ1n) is 9.73. The van der Waals surface area contributed by atoms with Crippen LogP contribution in [-0.4, -0.2) is 17.7 Å². The van der Waals surface area contributed by atoms with Crippen LogP contribution in [0.4, 0.5) is 17.1 Å². The highest BCUT2D eigenvalue weighted by Gasteiger charge is 2.40. The Kier molecular flexibility index (Phi) is 6.42. The molecule has 0 aliphatic carbocycles. The van der Waals surface area contributed by atoms with Crippen molar-refractivity contribution in [1.82, 2.24) is 0 Å². The second-order valence-corrected chi connectivity index (χ2v) is 8.48. The van der Waals surface area contributed by atoms with E-state index in [4.69, 9.17) is 34.8 Å². The highest BCUT2D eigenvalue weighted by molar-refractivity contribution is 6.54. The molecule has 1 aliphatic heterocycles. The second-order valence-electron chi connectivity index (χ2n) is 7.26. The predicted molar refractivity (Wildman–Crippen MR) is 131 cm³/mol. The summed E-state index contributed by atoms with van der Waals surface area (Å²) in [6.45, 7) is 1.93. The number of imide groups is 1. The molecule has 0 radical (unpaired) electrons. The first kappa shape index (κ1) is 22.9. The van der Waals surface area contributed by atoms with Crippen molar-refractivity contribution in [2.45, 2.75) is 6.92 Å². The minimum absolute atomic E-state index is 0.125. The van der Waals surface area contributed by atoms with E-state index in [-0.39, 0.29) is 27.3 Å². The first-order valence-corrected chi connectivity index (χ1v) is 10.9. The number of carbonyl (C=O) groups excluding carboxylic acids is 3. The quantitative estimate of drug-likeness (QED) is 0.422. The topological polar surface area (TPSA) is 78.5 Å². The van der Waals surface area contributed by atoms with Crippen molar-refractivity contribution in [3.63, 3.8) is 0 Å². The van der Waals surface area contributed by atoms with Gasteiger partial charge in [0.1, 0.15) is 10.7 Å². The smallest absolute Gasteiger partial charge is 0.283 e. The summed E-state index contributed by atoms with van der Waals surface area (Å²) in [5.74, 6) is -1.75. The molecule has 0 saturated carbocycles. The van der Waals surface area contributed by atoms with Crippen molar-refractivity contribution in [1.29, 1.82) is 0 Å². The van der Waals surface area contributed by atoms with Gasteiger partial charge >= 0.3 is 0 Å². The molecule has 4 rings (SSSR count). The van der Waals surface area contributed by atoms with Crippen molar-refractivity contribution in [3.05, 3.63) is 98.6 Å². The average molecular weight is 501 g/mol. The van der Waals surface area contributed by atoms with Crippen LogP contribution in [0.2, 0.25) is 10.0 Å². The third-order valence-corrected chi connectivity index (χ3v) is 5.75. The van der Waals surface area contributed by atoms with Crippen LogP contribution in [0.15, 0.2) is 77.5 Å². The number of halogens is 3. The molecule has 0 bridgehead atoms. The maximum atomic E-state index is 13.0. The zero-order valence-electron chi connectivity index (χ0n) is 17.2. The van der Waals surface area contributed by atoms with Gasteiger partial charge in [0.05, 0.1) is 10.7 Å². The van der Waals surface area contributed by atoms with Crippen LogP contribution in [0.1, 0.15) is 15.9 Å². The van der Waals surface area contributed by atoms with E-state index in [0.29, 0.717) is 22.0 Å². The van der Waals surface area contributed by atoms with Gasteiger partial charge in [-0.3, -0.25) is 14.4 Å². The van der Waals surface area contributed by atoms with Crippen LogP contribution < -0.4 is 15.5 Å². The molecule has 3 aromatic rings. The van der Waals surface area contributed by atoms with E-state index in [9.17, 15) is 14.4 Å². The van der Waals surface area contributed by atoms with E-state index in [0.717, 1.165) is 10.5 Å². The summed E-state index contributed by atoms with van der Waals surface area (Å²) in [6.07, 6.45) is 0. The fourth-order valence-corrected chi connectivity index (χ4v) is 3.88. The predicted octanol–water partition coefficient (Wildman–Crippen LogP) is 5.99. The molecule has 0 saturated heterocycles. The number of benzene rings is 3. The standard InChI is InChI=1S/C24H16Cl3N3O3/c1-13-4-2-6-16(10-13)29-22(31)14-5-3-7-17(11-14)28-21-20(27)23(32)30(24(21)33)19-12-15(25)8-9-18(19)26/h2-12,28H,1H3,(H,29,31). The molecule has 9 heteroatoms. The van der Waals surface area contributed by atoms with Crippen LogP contribution in [0, 0.1) is 6.92 Å². The molecule has 33 heavy (non-hydrogen) atoms. The minimum Gasteiger partial charge on any atom is -0.350 e. The van der Waals surface area contributed by atoms with Crippen LogP contribution in [0.3, 0.4) is 0 Å². The van der Waals surface area contributed by atoms with Crippen molar-refractivity contribution < 1.29 is 14.4 Å². The number of amides is 3. The molecule has 0 atom stereocenters. The Bertz CT molecular complexity index is 1340. The Labute approximate surface area is 204 Å². The fraction of sp³-hybridized carbons (Fsp3) is 0.0417. The maximum absolute atomic E-state index is 13.0. The van der Waals surface area contributed by atoms with Crippen LogP contribution >= 0.6 is 34.8 Å². The van der Waals surface area contributed by atoms with Crippen molar-refractivity contribution >= 4 is 69.6 Å². The third kappa shape index (κ3) is 4.73. The third-order valence-electron chi connectivity index (χ3n) is 4.85. The lowest BCUT2D eigenvalue weighted by molar-refractivity contribution is -0.120. The normalized spacial score (nSPS) is 13.5. The van der Waals surface area contributed by atoms with Gasteiger partial charge in [0.25, 0.3) is 17.7 Å². The van der Waals surface area contributed by atoms with Crippen LogP contribution in [0.5, 0.6) is 0 Å². The maximum Gasteiger partial charge on any atom is 0.283 e. The van der Waals surface area contributed by atoms with E-state index in [1.165, 1.54) is 12.1 Å². The number of carbonyl (C=O) groups is 3. The van der Waals surface area contributed by atoms with Crippen molar-refractivity contribution in [3.8, 4) is 0 Å². The average Bonchev–Trinajstić information content (AvgIpc) is 2.99. The number of rotatable bonds is 5. The molecule has 2 N–H and O–H groups in total. The van der Waals surface area contributed by atoms with Gasteiger partial charge in [-0.1, -0.05) is 53.0 Å². The lowest BCUT2D eigenvalue weighted by Gasteiger charge is -2.17. The fourth-order valence-electron chi connectivity index (χ4n) is 3.30. The molecule has 1 heterocycles. The van der Waals surface area contributed by atoms with E-state index in [1.807, 2.05) is 25.1 Å². The second kappa shape index (κ2) is 9.27. The minimum atomic E-state index is -0.735. The lowest BCUT2D eigenvalue weighted by atomic mass is 10.1. The lowest BCUT2D eigenvalue weighted by Crippen LogP contribution is -2.32. The molecular formula is C24H16Cl3N3O3. The number of hydrogen-bond donors (Lipinski definition) is 2. The zero-order chi connectivity index (χ0) is 23.7. The Hall–Kier alpha value is -3.32. The molecule has 3 amide bonds. The summed E-state index contributed by atoms with van der Waals surface area (Å²) in [5.41, 5.74) is 2.42. The molecule has 1 aliphatic rings. The van der Waals surface area contributed by atoms with Gasteiger partial charge in [0, 0.05) is 22.0 Å².